The van der Waals surface area contributed by atoms with Crippen LogP contribution in [-0.4, -0.2) is 15.5 Å². The molecule has 3 N–H and O–H groups in total. The van der Waals surface area contributed by atoms with E-state index < -0.39 is 11.2 Å². The van der Waals surface area contributed by atoms with Crippen molar-refractivity contribution in [2.45, 2.75) is 45.7 Å². The largest absolute Gasteiger partial charge is 0.467 e. The monoisotopic (exact) mass is 478 g/mol. The second-order valence-corrected chi connectivity index (χ2v) is 8.06. The van der Waals surface area contributed by atoms with Gasteiger partial charge >= 0.3 is 5.69 Å². The molecule has 0 bridgehead atoms. The van der Waals surface area contributed by atoms with Crippen LogP contribution in [0.4, 0.5) is 11.5 Å². The fourth-order valence-electron chi connectivity index (χ4n) is 3.34. The molecule has 32 heavy (non-hydrogen) atoms. The summed E-state index contributed by atoms with van der Waals surface area (Å²) in [6, 6.07) is 8.56. The molecular weight excluding hydrogens is 455 g/mol. The van der Waals surface area contributed by atoms with Crippen LogP contribution in [0, 0.1) is 0 Å². The fourth-order valence-corrected chi connectivity index (χ4v) is 3.76. The van der Waals surface area contributed by atoms with Gasteiger partial charge in [0, 0.05) is 13.0 Å². The summed E-state index contributed by atoms with van der Waals surface area (Å²) in [5.41, 5.74) is 5.50. The van der Waals surface area contributed by atoms with Crippen molar-refractivity contribution in [3.8, 4) is 0 Å². The molecule has 0 aliphatic heterocycles. The summed E-state index contributed by atoms with van der Waals surface area (Å²) < 4.78 is 6.65. The van der Waals surface area contributed by atoms with Gasteiger partial charge in [0.05, 0.1) is 22.9 Å². The molecule has 0 unspecified atom stereocenters. The molecule has 0 radical (unpaired) electrons. The minimum absolute atomic E-state index is 0.0195. The second-order valence-electron chi connectivity index (χ2n) is 7.27. The molecule has 0 aliphatic carbocycles. The van der Waals surface area contributed by atoms with Gasteiger partial charge in [0.2, 0.25) is 5.91 Å². The minimum Gasteiger partial charge on any atom is -0.467 e. The van der Waals surface area contributed by atoms with Gasteiger partial charge < -0.3 is 10.2 Å². The lowest BCUT2D eigenvalue weighted by Crippen LogP contribution is -2.41. The zero-order chi connectivity index (χ0) is 23.3. The van der Waals surface area contributed by atoms with Crippen molar-refractivity contribution in [3.63, 3.8) is 0 Å². The number of rotatable bonds is 9. The van der Waals surface area contributed by atoms with E-state index in [0.717, 1.165) is 6.42 Å². The zero-order valence-corrected chi connectivity index (χ0v) is 19.1. The number of H-pyrrole nitrogens is 1. The van der Waals surface area contributed by atoms with Crippen LogP contribution in [0.3, 0.4) is 0 Å². The summed E-state index contributed by atoms with van der Waals surface area (Å²) in [5.74, 6) is 0.0208. The second kappa shape index (κ2) is 10.6. The molecule has 1 aromatic carbocycles. The smallest absolute Gasteiger partial charge is 0.330 e. The van der Waals surface area contributed by atoms with Gasteiger partial charge in [0.1, 0.15) is 11.6 Å². The van der Waals surface area contributed by atoms with Gasteiger partial charge in [-0.05, 0) is 36.6 Å². The summed E-state index contributed by atoms with van der Waals surface area (Å²) in [6.45, 7) is 2.28. The van der Waals surface area contributed by atoms with E-state index >= 15 is 0 Å². The quantitative estimate of drug-likeness (QED) is 0.482. The Kier molecular flexibility index (Phi) is 7.82. The highest BCUT2D eigenvalue weighted by molar-refractivity contribution is 6.42. The number of nitrogens with one attached hydrogen (secondary N) is 1. The Labute approximate surface area is 194 Å². The molecule has 0 saturated carbocycles. The van der Waals surface area contributed by atoms with Crippen LogP contribution >= 0.6 is 23.2 Å². The number of aromatic nitrogens is 2. The maximum Gasteiger partial charge on any atom is 0.330 e. The highest BCUT2D eigenvalue weighted by atomic mass is 35.5. The number of anilines is 2. The molecule has 10 heteroatoms. The number of nitrogens with zero attached hydrogens (tertiary/aromatic N) is 2. The van der Waals surface area contributed by atoms with Crippen LogP contribution < -0.4 is 21.9 Å². The molecule has 0 aliphatic rings. The van der Waals surface area contributed by atoms with Crippen molar-refractivity contribution in [2.24, 2.45) is 0 Å². The van der Waals surface area contributed by atoms with Gasteiger partial charge in [0.25, 0.3) is 5.56 Å². The van der Waals surface area contributed by atoms with Gasteiger partial charge in [-0.2, -0.15) is 0 Å². The standard InChI is InChI=1S/C22H24Cl2N4O4/c1-2-3-11-27-20(25)19(21(30)26-22(27)31)28(13-15-7-5-12-32-15)17(29)10-9-14-6-4-8-16(23)18(14)24/h4-8,12H,2-3,9-11,13,25H2,1H3,(H,26,30,31). The van der Waals surface area contributed by atoms with Crippen molar-refractivity contribution in [1.29, 1.82) is 0 Å². The lowest BCUT2D eigenvalue weighted by Gasteiger charge is -2.24. The number of halogens is 2. The summed E-state index contributed by atoms with van der Waals surface area (Å²) in [6.07, 6.45) is 3.33. The number of amides is 1. The van der Waals surface area contributed by atoms with Crippen molar-refractivity contribution in [2.75, 3.05) is 10.6 Å². The fraction of sp³-hybridized carbons (Fsp3) is 0.318. The van der Waals surface area contributed by atoms with Gasteiger partial charge in [-0.25, -0.2) is 4.79 Å². The summed E-state index contributed by atoms with van der Waals surface area (Å²) in [5, 5.41) is 0.776. The number of furan rings is 1. The van der Waals surface area contributed by atoms with Crippen molar-refractivity contribution < 1.29 is 9.21 Å². The van der Waals surface area contributed by atoms with E-state index in [1.54, 1.807) is 30.3 Å². The number of nitrogen functional groups attached to an aromatic ring is 1. The number of aromatic amines is 1. The van der Waals surface area contributed by atoms with E-state index in [0.29, 0.717) is 40.8 Å². The van der Waals surface area contributed by atoms with E-state index in [4.69, 9.17) is 33.4 Å². The van der Waals surface area contributed by atoms with E-state index in [1.807, 2.05) is 6.92 Å². The molecular formula is C22H24Cl2N4O4. The number of aryl methyl sites for hydroxylation is 1. The van der Waals surface area contributed by atoms with Crippen LogP contribution in [0.25, 0.3) is 0 Å². The molecule has 2 heterocycles. The molecule has 0 spiro atoms. The third-order valence-electron chi connectivity index (χ3n) is 5.05. The Morgan fingerprint density at radius 2 is 2.00 bits per heavy atom. The van der Waals surface area contributed by atoms with E-state index in [-0.39, 0.29) is 30.4 Å². The van der Waals surface area contributed by atoms with Crippen molar-refractivity contribution in [1.82, 2.24) is 9.55 Å². The van der Waals surface area contributed by atoms with Crippen LogP contribution in [0.5, 0.6) is 0 Å². The van der Waals surface area contributed by atoms with Crippen LogP contribution in [0.15, 0.2) is 50.6 Å². The summed E-state index contributed by atoms with van der Waals surface area (Å²) in [4.78, 5) is 41.8. The van der Waals surface area contributed by atoms with Crippen LogP contribution in [-0.2, 0) is 24.3 Å². The lowest BCUT2D eigenvalue weighted by molar-refractivity contribution is -0.118. The Morgan fingerprint density at radius 3 is 2.69 bits per heavy atom. The first-order chi connectivity index (χ1) is 15.3. The molecule has 0 atom stereocenters. The van der Waals surface area contributed by atoms with Crippen LogP contribution in [0.1, 0.15) is 37.5 Å². The molecule has 2 aromatic heterocycles. The van der Waals surface area contributed by atoms with E-state index in [9.17, 15) is 14.4 Å². The number of carbonyl (C=O) groups excluding carboxylic acids is 1. The molecule has 3 rings (SSSR count). The normalized spacial score (nSPS) is 11.0. The first-order valence-corrected chi connectivity index (χ1v) is 11.0. The first-order valence-electron chi connectivity index (χ1n) is 10.2. The maximum absolute atomic E-state index is 13.3. The number of unbranched alkanes of at least 4 members (excludes halogenated alkanes) is 1. The maximum atomic E-state index is 13.3. The summed E-state index contributed by atoms with van der Waals surface area (Å²) in [7, 11) is 0. The van der Waals surface area contributed by atoms with Gasteiger partial charge in [0.15, 0.2) is 5.69 Å². The Bertz CT molecular complexity index is 1200. The van der Waals surface area contributed by atoms with Gasteiger partial charge in [-0.3, -0.25) is 24.0 Å². The number of nitrogens with two attached hydrogens (primary N) is 1. The van der Waals surface area contributed by atoms with Gasteiger partial charge in [-0.1, -0.05) is 48.7 Å². The molecule has 1 amide bonds. The molecule has 170 valence electrons. The Balaban J connectivity index is 1.97. The average Bonchev–Trinajstić information content (AvgIpc) is 3.27. The van der Waals surface area contributed by atoms with Crippen LogP contribution in [0.2, 0.25) is 10.0 Å². The molecule has 0 fully saturated rings. The van der Waals surface area contributed by atoms with E-state index in [1.165, 1.54) is 15.7 Å². The number of carbonyl (C=O) groups is 1. The third kappa shape index (κ3) is 5.26. The highest BCUT2D eigenvalue weighted by Crippen LogP contribution is 2.27. The van der Waals surface area contributed by atoms with E-state index in [2.05, 4.69) is 4.98 Å². The average molecular weight is 479 g/mol. The SMILES string of the molecule is CCCCn1c(N)c(N(Cc2ccco2)C(=O)CCc2cccc(Cl)c2Cl)c(=O)[nH]c1=O. The predicted molar refractivity (Wildman–Crippen MR) is 125 cm³/mol. The number of hydrogen-bond acceptors (Lipinski definition) is 5. The predicted octanol–water partition coefficient (Wildman–Crippen LogP) is 3.98. The highest BCUT2D eigenvalue weighted by Gasteiger charge is 2.25. The van der Waals surface area contributed by atoms with Crippen molar-refractivity contribution in [3.05, 3.63) is 78.8 Å². The molecule has 0 saturated heterocycles. The van der Waals surface area contributed by atoms with Crippen molar-refractivity contribution >= 4 is 40.6 Å². The number of hydrogen-bond donors (Lipinski definition) is 2. The molecule has 3 aromatic rings. The number of benzene rings is 1. The first kappa shape index (κ1) is 23.7. The Hall–Kier alpha value is -2.97. The summed E-state index contributed by atoms with van der Waals surface area (Å²) >= 11 is 12.3. The molecule has 8 nitrogen and oxygen atoms in total. The Morgan fingerprint density at radius 1 is 1.22 bits per heavy atom. The topological polar surface area (TPSA) is 114 Å². The minimum atomic E-state index is -0.735. The van der Waals surface area contributed by atoms with Gasteiger partial charge in [-0.15, -0.1) is 0 Å². The zero-order valence-electron chi connectivity index (χ0n) is 17.6. The third-order valence-corrected chi connectivity index (χ3v) is 5.91. The lowest BCUT2D eigenvalue weighted by atomic mass is 10.1.